The summed E-state index contributed by atoms with van der Waals surface area (Å²) in [5.74, 6) is 1.34. The maximum Gasteiger partial charge on any atom is 0.240 e. The first kappa shape index (κ1) is 21.4. The van der Waals surface area contributed by atoms with Gasteiger partial charge in [0.2, 0.25) is 15.9 Å². The largest absolute Gasteiger partial charge is 0.346 e. The van der Waals surface area contributed by atoms with Gasteiger partial charge in [-0.05, 0) is 42.7 Å². The molecule has 3 aromatic rings. The lowest BCUT2D eigenvalue weighted by molar-refractivity contribution is -0.121. The van der Waals surface area contributed by atoms with Gasteiger partial charge in [0.05, 0.1) is 22.0 Å². The Balaban J connectivity index is 1.60. The summed E-state index contributed by atoms with van der Waals surface area (Å²) in [4.78, 5) is 20.5. The van der Waals surface area contributed by atoms with Crippen LogP contribution in [0, 0.1) is 0 Å². The van der Waals surface area contributed by atoms with Crippen LogP contribution in [0.5, 0.6) is 0 Å². The van der Waals surface area contributed by atoms with Gasteiger partial charge in [-0.15, -0.1) is 0 Å². The Bertz CT molecular complexity index is 1020. The monoisotopic (exact) mass is 432 g/mol. The molecular weight excluding hydrogens is 408 g/mol. The van der Waals surface area contributed by atoms with Crippen LogP contribution < -0.4 is 10.0 Å². The summed E-state index contributed by atoms with van der Waals surface area (Å²) in [6.45, 7) is 0.0262. The number of imidazole rings is 1. The van der Waals surface area contributed by atoms with Crippen LogP contribution in [0.3, 0.4) is 0 Å². The molecule has 0 bridgehead atoms. The van der Waals surface area contributed by atoms with Gasteiger partial charge in [-0.25, -0.2) is 18.1 Å². The van der Waals surface area contributed by atoms with Crippen molar-refractivity contribution in [1.29, 1.82) is 0 Å². The number of nitrogens with one attached hydrogen (secondary N) is 3. The fourth-order valence-electron chi connectivity index (χ4n) is 2.90. The summed E-state index contributed by atoms with van der Waals surface area (Å²) in [6.07, 6.45) is 2.78. The molecule has 3 rings (SSSR count). The smallest absolute Gasteiger partial charge is 0.240 e. The summed E-state index contributed by atoms with van der Waals surface area (Å²) < 4.78 is 26.9. The van der Waals surface area contributed by atoms with E-state index in [1.807, 2.05) is 30.5 Å². The van der Waals surface area contributed by atoms with Crippen molar-refractivity contribution in [2.75, 3.05) is 18.6 Å². The van der Waals surface area contributed by atoms with Gasteiger partial charge in [0, 0.05) is 13.0 Å². The van der Waals surface area contributed by atoms with Crippen LogP contribution in [0.2, 0.25) is 0 Å². The Morgan fingerprint density at radius 2 is 1.86 bits per heavy atom. The molecule has 0 fully saturated rings. The number of H-pyrrole nitrogens is 1. The van der Waals surface area contributed by atoms with Crippen molar-refractivity contribution in [1.82, 2.24) is 20.0 Å². The van der Waals surface area contributed by atoms with E-state index in [0.29, 0.717) is 5.82 Å². The number of carbonyl (C=O) groups is 1. The second kappa shape index (κ2) is 9.91. The molecule has 0 saturated heterocycles. The van der Waals surface area contributed by atoms with Crippen molar-refractivity contribution < 1.29 is 13.2 Å². The van der Waals surface area contributed by atoms with E-state index in [1.165, 1.54) is 12.1 Å². The van der Waals surface area contributed by atoms with Crippen LogP contribution in [0.25, 0.3) is 11.0 Å². The number of nitrogens with zero attached hydrogens (tertiary/aromatic N) is 1. The number of rotatable bonds is 10. The molecule has 0 radical (unpaired) electrons. The van der Waals surface area contributed by atoms with E-state index >= 15 is 0 Å². The highest BCUT2D eigenvalue weighted by atomic mass is 32.2. The summed E-state index contributed by atoms with van der Waals surface area (Å²) in [7, 11) is -3.62. The van der Waals surface area contributed by atoms with E-state index in [0.717, 1.165) is 23.2 Å². The molecule has 2 aromatic carbocycles. The normalized spacial score (nSPS) is 12.7. The predicted molar refractivity (Wildman–Crippen MR) is 116 cm³/mol. The zero-order chi connectivity index (χ0) is 20.7. The number of para-hydroxylation sites is 2. The van der Waals surface area contributed by atoms with E-state index in [2.05, 4.69) is 20.0 Å². The van der Waals surface area contributed by atoms with Gasteiger partial charge in [0.1, 0.15) is 5.82 Å². The lowest BCUT2D eigenvalue weighted by Gasteiger charge is -2.16. The number of hydrogen-bond acceptors (Lipinski definition) is 5. The number of fused-ring (bicyclic) bond motifs is 1. The Morgan fingerprint density at radius 1 is 1.14 bits per heavy atom. The highest BCUT2D eigenvalue weighted by Crippen LogP contribution is 2.20. The van der Waals surface area contributed by atoms with Crippen molar-refractivity contribution >= 4 is 38.7 Å². The molecule has 29 heavy (non-hydrogen) atoms. The number of carbonyl (C=O) groups excluding carboxylic acids is 1. The minimum atomic E-state index is -3.62. The highest BCUT2D eigenvalue weighted by molar-refractivity contribution is 7.98. The van der Waals surface area contributed by atoms with E-state index in [1.54, 1.807) is 30.0 Å². The third-order valence-electron chi connectivity index (χ3n) is 4.38. The molecule has 0 saturated carbocycles. The van der Waals surface area contributed by atoms with Crippen molar-refractivity contribution in [2.45, 2.75) is 23.8 Å². The van der Waals surface area contributed by atoms with Gasteiger partial charge in [0.25, 0.3) is 0 Å². The first-order valence-electron chi connectivity index (χ1n) is 9.27. The first-order valence-corrected chi connectivity index (χ1v) is 12.1. The van der Waals surface area contributed by atoms with Gasteiger partial charge in [-0.3, -0.25) is 4.79 Å². The summed E-state index contributed by atoms with van der Waals surface area (Å²) in [5.41, 5.74) is 1.77. The SMILES string of the molecule is CSCCC(NC(=O)CCNS(=O)(=O)c1ccccc1)c1nc2ccccc2[nH]1. The number of aromatic nitrogens is 2. The second-order valence-corrected chi connectivity index (χ2v) is 9.25. The zero-order valence-corrected chi connectivity index (χ0v) is 17.7. The Labute approximate surface area is 174 Å². The molecule has 0 aliphatic rings. The fraction of sp³-hybridized carbons (Fsp3) is 0.300. The molecule has 1 heterocycles. The third kappa shape index (κ3) is 5.81. The number of benzene rings is 2. The van der Waals surface area contributed by atoms with Gasteiger partial charge in [-0.2, -0.15) is 11.8 Å². The summed E-state index contributed by atoms with van der Waals surface area (Å²) >= 11 is 1.69. The third-order valence-corrected chi connectivity index (χ3v) is 6.50. The van der Waals surface area contributed by atoms with E-state index in [-0.39, 0.29) is 29.8 Å². The Morgan fingerprint density at radius 3 is 2.59 bits per heavy atom. The number of thioether (sulfide) groups is 1. The average Bonchev–Trinajstić information content (AvgIpc) is 3.16. The molecule has 154 valence electrons. The van der Waals surface area contributed by atoms with Crippen LogP contribution in [0.15, 0.2) is 59.5 Å². The molecule has 1 unspecified atom stereocenters. The zero-order valence-electron chi connectivity index (χ0n) is 16.1. The maximum absolute atomic E-state index is 12.4. The molecule has 9 heteroatoms. The topological polar surface area (TPSA) is 104 Å². The highest BCUT2D eigenvalue weighted by Gasteiger charge is 2.19. The van der Waals surface area contributed by atoms with Crippen LogP contribution in [-0.2, 0) is 14.8 Å². The second-order valence-electron chi connectivity index (χ2n) is 6.50. The molecule has 1 aromatic heterocycles. The average molecular weight is 433 g/mol. The number of amides is 1. The Hall–Kier alpha value is -2.36. The van der Waals surface area contributed by atoms with Gasteiger partial charge >= 0.3 is 0 Å². The summed E-state index contributed by atoms with van der Waals surface area (Å²) in [5, 5.41) is 2.97. The molecule has 0 aliphatic heterocycles. The summed E-state index contributed by atoms with van der Waals surface area (Å²) in [6, 6.07) is 15.5. The molecule has 0 aliphatic carbocycles. The first-order chi connectivity index (χ1) is 14.0. The number of hydrogen-bond donors (Lipinski definition) is 3. The quantitative estimate of drug-likeness (QED) is 0.457. The van der Waals surface area contributed by atoms with Crippen LogP contribution in [0.1, 0.15) is 24.7 Å². The van der Waals surface area contributed by atoms with Crippen LogP contribution in [0.4, 0.5) is 0 Å². The molecule has 1 atom stereocenters. The fourth-order valence-corrected chi connectivity index (χ4v) is 4.42. The number of sulfonamides is 1. The molecular formula is C20H24N4O3S2. The maximum atomic E-state index is 12.4. The van der Waals surface area contributed by atoms with Gasteiger partial charge < -0.3 is 10.3 Å². The van der Waals surface area contributed by atoms with Gasteiger partial charge in [0.15, 0.2) is 0 Å². The van der Waals surface area contributed by atoms with Crippen molar-refractivity contribution in [3.8, 4) is 0 Å². The van der Waals surface area contributed by atoms with E-state index in [4.69, 9.17) is 0 Å². The van der Waals surface area contributed by atoms with Crippen LogP contribution >= 0.6 is 11.8 Å². The molecule has 0 spiro atoms. The molecule has 3 N–H and O–H groups in total. The van der Waals surface area contributed by atoms with Crippen molar-refractivity contribution in [3.05, 3.63) is 60.4 Å². The van der Waals surface area contributed by atoms with E-state index < -0.39 is 10.0 Å². The van der Waals surface area contributed by atoms with Crippen molar-refractivity contribution in [2.24, 2.45) is 0 Å². The van der Waals surface area contributed by atoms with Crippen molar-refractivity contribution in [3.63, 3.8) is 0 Å². The lowest BCUT2D eigenvalue weighted by atomic mass is 10.2. The van der Waals surface area contributed by atoms with Gasteiger partial charge in [-0.1, -0.05) is 30.3 Å². The van der Waals surface area contributed by atoms with Crippen LogP contribution in [-0.4, -0.2) is 42.8 Å². The van der Waals surface area contributed by atoms with E-state index in [9.17, 15) is 13.2 Å². The minimum Gasteiger partial charge on any atom is -0.346 e. The minimum absolute atomic E-state index is 0.0262. The standard InChI is InChI=1S/C20H24N4O3S2/c1-28-14-12-18(20-23-16-9-5-6-10-17(16)24-20)22-19(25)11-13-21-29(26,27)15-7-3-2-4-8-15/h2-10,18,21H,11-14H2,1H3,(H,22,25)(H,23,24). The number of aromatic amines is 1. The molecule has 1 amide bonds. The molecule has 7 nitrogen and oxygen atoms in total. The Kier molecular flexibility index (Phi) is 7.29. The predicted octanol–water partition coefficient (Wildman–Crippen LogP) is 2.84. The lowest BCUT2D eigenvalue weighted by Crippen LogP contribution is -2.33.